The van der Waals surface area contributed by atoms with Gasteiger partial charge in [0.15, 0.2) is 0 Å². The van der Waals surface area contributed by atoms with Crippen molar-refractivity contribution < 1.29 is 4.74 Å². The number of benzene rings is 2. The normalized spacial score (nSPS) is 22.0. The molecule has 1 aliphatic carbocycles. The molecule has 2 aliphatic rings. The summed E-state index contributed by atoms with van der Waals surface area (Å²) in [5.41, 5.74) is 5.85. The fraction of sp³-hybridized carbons (Fsp3) is 0.478. The predicted octanol–water partition coefficient (Wildman–Crippen LogP) is 6.43. The summed E-state index contributed by atoms with van der Waals surface area (Å²) < 4.78 is 6.63. The maximum Gasteiger partial charge on any atom is 0.137 e. The fourth-order valence-electron chi connectivity index (χ4n) is 3.85. The van der Waals surface area contributed by atoms with Crippen molar-refractivity contribution in [2.45, 2.75) is 75.0 Å². The van der Waals surface area contributed by atoms with E-state index in [1.165, 1.54) is 27.1 Å². The van der Waals surface area contributed by atoms with Gasteiger partial charge in [-0.25, -0.2) is 0 Å². The highest BCUT2D eigenvalue weighted by atomic mass is 32.2. The van der Waals surface area contributed by atoms with Crippen LogP contribution in [0.4, 0.5) is 0 Å². The van der Waals surface area contributed by atoms with Gasteiger partial charge in [0.25, 0.3) is 0 Å². The first-order valence-corrected chi connectivity index (χ1v) is 10.1. The maximum atomic E-state index is 6.63. The summed E-state index contributed by atoms with van der Waals surface area (Å²) in [6.07, 6.45) is 1.30. The zero-order valence-electron chi connectivity index (χ0n) is 16.1. The molecule has 0 saturated carbocycles. The van der Waals surface area contributed by atoms with E-state index in [1.54, 1.807) is 0 Å². The fourth-order valence-corrected chi connectivity index (χ4v) is 5.46. The van der Waals surface area contributed by atoms with Crippen LogP contribution in [-0.4, -0.2) is 5.25 Å². The number of thioether (sulfide) groups is 1. The Labute approximate surface area is 156 Å². The van der Waals surface area contributed by atoms with Gasteiger partial charge in [0, 0.05) is 0 Å². The van der Waals surface area contributed by atoms with Crippen molar-refractivity contribution in [1.29, 1.82) is 0 Å². The van der Waals surface area contributed by atoms with E-state index in [4.69, 9.17) is 4.74 Å². The molecule has 0 aromatic heterocycles. The van der Waals surface area contributed by atoms with E-state index >= 15 is 0 Å². The Kier molecular flexibility index (Phi) is 3.77. The zero-order valence-corrected chi connectivity index (χ0v) is 17.0. The summed E-state index contributed by atoms with van der Waals surface area (Å²) in [5, 5.41) is 0.492. The van der Waals surface area contributed by atoms with Crippen LogP contribution < -0.4 is 4.74 Å². The third-order valence-corrected chi connectivity index (χ3v) is 6.75. The molecule has 2 heteroatoms. The first kappa shape index (κ1) is 17.0. The summed E-state index contributed by atoms with van der Waals surface area (Å²) in [4.78, 5) is 1.36. The molecule has 2 aromatic carbocycles. The molecule has 2 aromatic rings. The van der Waals surface area contributed by atoms with E-state index in [1.807, 2.05) is 11.8 Å². The molecule has 0 bridgehead atoms. The van der Waals surface area contributed by atoms with Crippen LogP contribution >= 0.6 is 11.8 Å². The molecule has 2 atom stereocenters. The quantitative estimate of drug-likeness (QED) is 0.540. The summed E-state index contributed by atoms with van der Waals surface area (Å²) >= 11 is 2.03. The van der Waals surface area contributed by atoms with Gasteiger partial charge < -0.3 is 4.74 Å². The summed E-state index contributed by atoms with van der Waals surface area (Å²) in [6.45, 7) is 13.8. The minimum Gasteiger partial charge on any atom is -0.483 e. The van der Waals surface area contributed by atoms with Crippen LogP contribution in [0.5, 0.6) is 5.75 Å². The molecule has 0 spiro atoms. The molecule has 0 fully saturated rings. The van der Waals surface area contributed by atoms with E-state index < -0.39 is 0 Å². The van der Waals surface area contributed by atoms with Gasteiger partial charge in [0.1, 0.15) is 11.9 Å². The van der Waals surface area contributed by atoms with Gasteiger partial charge in [0.2, 0.25) is 0 Å². The monoisotopic (exact) mass is 352 g/mol. The molecule has 1 aliphatic heterocycles. The molecular weight excluding hydrogens is 324 g/mol. The van der Waals surface area contributed by atoms with Crippen LogP contribution in [0.1, 0.15) is 69.9 Å². The van der Waals surface area contributed by atoms with Gasteiger partial charge in [-0.15, -0.1) is 11.8 Å². The van der Waals surface area contributed by atoms with Crippen LogP contribution in [0.15, 0.2) is 41.3 Å². The molecule has 25 heavy (non-hydrogen) atoms. The van der Waals surface area contributed by atoms with Crippen molar-refractivity contribution in [2.75, 3.05) is 0 Å². The number of hydrogen-bond donors (Lipinski definition) is 0. The molecule has 0 unspecified atom stereocenters. The van der Waals surface area contributed by atoms with Gasteiger partial charge >= 0.3 is 0 Å². The van der Waals surface area contributed by atoms with E-state index in [0.29, 0.717) is 5.25 Å². The molecule has 1 nitrogen and oxygen atoms in total. The van der Waals surface area contributed by atoms with Crippen molar-refractivity contribution in [3.05, 3.63) is 58.7 Å². The molecular formula is C23H28OS. The second kappa shape index (κ2) is 5.54. The number of hydrogen-bond acceptors (Lipinski definition) is 2. The molecule has 0 N–H and O–H groups in total. The lowest BCUT2D eigenvalue weighted by atomic mass is 9.80. The second-order valence-corrected chi connectivity index (χ2v) is 10.7. The molecule has 4 rings (SSSR count). The number of rotatable bonds is 0. The molecule has 1 heterocycles. The SMILES string of the molecule is CC(C)(C)c1cc2c(c(C(C)(C)C)c1)S[C@H]1Cc3ccccc3[C@H]1O2. The van der Waals surface area contributed by atoms with Crippen molar-refractivity contribution >= 4 is 11.8 Å². The Hall–Kier alpha value is -1.41. The average Bonchev–Trinajstić information content (AvgIpc) is 2.87. The highest BCUT2D eigenvalue weighted by Gasteiger charge is 2.41. The van der Waals surface area contributed by atoms with E-state index in [9.17, 15) is 0 Å². The van der Waals surface area contributed by atoms with Gasteiger partial charge in [-0.3, -0.25) is 0 Å². The third kappa shape index (κ3) is 2.89. The van der Waals surface area contributed by atoms with Crippen molar-refractivity contribution in [3.8, 4) is 5.75 Å². The number of fused-ring (bicyclic) bond motifs is 4. The maximum absolute atomic E-state index is 6.63. The standard InChI is InChI=1S/C23H28OS/c1-22(2,3)15-12-17(23(4,5)6)21-18(13-15)24-20-16-10-8-7-9-14(16)11-19(20)25-21/h7-10,12-13,19-20H,11H2,1-6H3/t19-,20+/m0/s1. The van der Waals surface area contributed by atoms with Crippen LogP contribution in [0.25, 0.3) is 0 Å². The predicted molar refractivity (Wildman–Crippen MR) is 107 cm³/mol. The first-order chi connectivity index (χ1) is 11.6. The Balaban J connectivity index is 1.84. The number of ether oxygens (including phenoxy) is 1. The lowest BCUT2D eigenvalue weighted by Crippen LogP contribution is -2.25. The topological polar surface area (TPSA) is 9.23 Å². The van der Waals surface area contributed by atoms with Crippen molar-refractivity contribution in [3.63, 3.8) is 0 Å². The highest BCUT2D eigenvalue weighted by molar-refractivity contribution is 8.00. The Morgan fingerprint density at radius 2 is 1.68 bits per heavy atom. The van der Waals surface area contributed by atoms with Crippen LogP contribution in [0.2, 0.25) is 0 Å². The van der Waals surface area contributed by atoms with E-state index in [2.05, 4.69) is 77.9 Å². The lowest BCUT2D eigenvalue weighted by Gasteiger charge is -2.35. The third-order valence-electron chi connectivity index (χ3n) is 5.37. The van der Waals surface area contributed by atoms with Crippen LogP contribution in [0, 0.1) is 0 Å². The van der Waals surface area contributed by atoms with Gasteiger partial charge in [0.05, 0.1) is 10.1 Å². The highest BCUT2D eigenvalue weighted by Crippen LogP contribution is 2.54. The van der Waals surface area contributed by atoms with Gasteiger partial charge in [-0.2, -0.15) is 0 Å². The van der Waals surface area contributed by atoms with Gasteiger partial charge in [-0.1, -0.05) is 71.9 Å². The lowest BCUT2D eigenvalue weighted by molar-refractivity contribution is 0.200. The second-order valence-electron chi connectivity index (χ2n) is 9.45. The smallest absolute Gasteiger partial charge is 0.137 e. The summed E-state index contributed by atoms with van der Waals surface area (Å²) in [6, 6.07) is 13.5. The first-order valence-electron chi connectivity index (χ1n) is 9.25. The summed E-state index contributed by atoms with van der Waals surface area (Å²) in [5.74, 6) is 1.08. The Morgan fingerprint density at radius 3 is 2.36 bits per heavy atom. The zero-order chi connectivity index (χ0) is 18.0. The molecule has 0 radical (unpaired) electrons. The van der Waals surface area contributed by atoms with E-state index in [-0.39, 0.29) is 16.9 Å². The minimum atomic E-state index is 0.111. The van der Waals surface area contributed by atoms with E-state index in [0.717, 1.165) is 12.2 Å². The Morgan fingerprint density at radius 1 is 0.960 bits per heavy atom. The van der Waals surface area contributed by atoms with Crippen LogP contribution in [-0.2, 0) is 17.3 Å². The molecule has 132 valence electrons. The van der Waals surface area contributed by atoms with Crippen LogP contribution in [0.3, 0.4) is 0 Å². The summed E-state index contributed by atoms with van der Waals surface area (Å²) in [7, 11) is 0. The Bertz CT molecular complexity index is 823. The molecule has 0 amide bonds. The van der Waals surface area contributed by atoms with Crippen molar-refractivity contribution in [2.24, 2.45) is 0 Å². The molecule has 0 saturated heterocycles. The minimum absolute atomic E-state index is 0.111. The van der Waals surface area contributed by atoms with Crippen molar-refractivity contribution in [1.82, 2.24) is 0 Å². The largest absolute Gasteiger partial charge is 0.483 e. The average molecular weight is 353 g/mol. The van der Waals surface area contributed by atoms with Gasteiger partial charge in [-0.05, 0) is 45.6 Å².